The van der Waals surface area contributed by atoms with Crippen LogP contribution in [0.2, 0.25) is 0 Å². The van der Waals surface area contributed by atoms with E-state index in [2.05, 4.69) is 97.9 Å². The third kappa shape index (κ3) is 11.0. The molecule has 6 nitrogen and oxygen atoms in total. The summed E-state index contributed by atoms with van der Waals surface area (Å²) in [6.45, 7) is 19.7. The van der Waals surface area contributed by atoms with Gasteiger partial charge in [0.15, 0.2) is 0 Å². The first-order valence-electron chi connectivity index (χ1n) is 13.5. The van der Waals surface area contributed by atoms with Gasteiger partial charge in [-0.15, -0.1) is 12.8 Å². The van der Waals surface area contributed by atoms with Crippen molar-refractivity contribution in [3.05, 3.63) is 47.2 Å². The zero-order chi connectivity index (χ0) is 28.7. The van der Waals surface area contributed by atoms with E-state index in [0.717, 1.165) is 18.6 Å². The van der Waals surface area contributed by atoms with Gasteiger partial charge < -0.3 is 19.1 Å². The lowest BCUT2D eigenvalue weighted by atomic mass is 9.95. The lowest BCUT2D eigenvalue weighted by molar-refractivity contribution is -0.118. The highest BCUT2D eigenvalue weighted by Crippen LogP contribution is 2.32. The van der Waals surface area contributed by atoms with Crippen molar-refractivity contribution < 1.29 is 4.79 Å². The first-order chi connectivity index (χ1) is 18.1. The van der Waals surface area contributed by atoms with Crippen molar-refractivity contribution in [2.24, 2.45) is 0 Å². The Kier molecular flexibility index (Phi) is 14.9. The average Bonchev–Trinajstić information content (AvgIpc) is 3.28. The second-order valence-electron chi connectivity index (χ2n) is 10.4. The number of likely N-dealkylation sites (tertiary alicyclic amines) is 1. The quantitative estimate of drug-likeness (QED) is 0.228. The second kappa shape index (κ2) is 17.0. The number of hydrogen-bond acceptors (Lipinski definition) is 5. The summed E-state index contributed by atoms with van der Waals surface area (Å²) in [7, 11) is 2.12. The van der Waals surface area contributed by atoms with Crippen LogP contribution in [0.15, 0.2) is 41.3 Å². The van der Waals surface area contributed by atoms with Crippen LogP contribution in [0.25, 0.3) is 11.0 Å². The van der Waals surface area contributed by atoms with Gasteiger partial charge in [0, 0.05) is 44.7 Å². The lowest BCUT2D eigenvalue weighted by Crippen LogP contribution is -2.33. The van der Waals surface area contributed by atoms with Gasteiger partial charge >= 0.3 is 0 Å². The third-order valence-electron chi connectivity index (χ3n) is 6.25. The Hall–Kier alpha value is -2.69. The van der Waals surface area contributed by atoms with E-state index in [1.54, 1.807) is 11.9 Å². The molecule has 0 atom stereocenters. The molecule has 38 heavy (non-hydrogen) atoms. The van der Waals surface area contributed by atoms with E-state index in [0.29, 0.717) is 6.54 Å². The number of benzene rings is 1. The van der Waals surface area contributed by atoms with E-state index in [4.69, 9.17) is 4.98 Å². The number of fused-ring (bicyclic) bond motifs is 1. The summed E-state index contributed by atoms with van der Waals surface area (Å²) in [4.78, 5) is 19.2. The van der Waals surface area contributed by atoms with E-state index in [1.807, 2.05) is 19.1 Å². The average molecular weight is 540 g/mol. The summed E-state index contributed by atoms with van der Waals surface area (Å²) in [6.07, 6.45) is 18.0. The van der Waals surface area contributed by atoms with Gasteiger partial charge in [-0.2, -0.15) is 0 Å². The van der Waals surface area contributed by atoms with Crippen molar-refractivity contribution in [3.63, 3.8) is 0 Å². The lowest BCUT2D eigenvalue weighted by Gasteiger charge is -2.28. The van der Waals surface area contributed by atoms with Crippen LogP contribution >= 0.6 is 11.9 Å². The van der Waals surface area contributed by atoms with E-state index >= 15 is 0 Å². The molecular formula is C31H49N5OS. The molecule has 1 N–H and O–H groups in total. The first kappa shape index (κ1) is 33.3. The molecule has 0 aliphatic carbocycles. The topological polar surface area (TPSA) is 53.4 Å². The van der Waals surface area contributed by atoms with Crippen LogP contribution in [-0.2, 0) is 16.8 Å². The van der Waals surface area contributed by atoms with Gasteiger partial charge in [0.05, 0.1) is 11.0 Å². The Bertz CT molecular complexity index is 1070. The number of amides is 1. The molecule has 1 amide bonds. The molecule has 2 aromatic rings. The molecule has 0 bridgehead atoms. The molecule has 3 rings (SSSR count). The van der Waals surface area contributed by atoms with Crippen LogP contribution in [0.1, 0.15) is 73.6 Å². The van der Waals surface area contributed by atoms with Gasteiger partial charge in [-0.3, -0.25) is 4.79 Å². The normalized spacial score (nSPS) is 14.4. The van der Waals surface area contributed by atoms with E-state index in [1.165, 1.54) is 61.2 Å². The van der Waals surface area contributed by atoms with Crippen LogP contribution in [-0.4, -0.2) is 53.6 Å². The van der Waals surface area contributed by atoms with E-state index < -0.39 is 0 Å². The monoisotopic (exact) mass is 539 g/mol. The Morgan fingerprint density at radius 2 is 1.79 bits per heavy atom. The van der Waals surface area contributed by atoms with E-state index in [9.17, 15) is 4.79 Å². The summed E-state index contributed by atoms with van der Waals surface area (Å²) < 4.78 is 4.68. The van der Waals surface area contributed by atoms with E-state index in [-0.39, 0.29) is 11.3 Å². The molecule has 1 aliphatic rings. The standard InChI is InChI=1S/C23H36N4S.C6H11NO.C2H2/c1-7-18(2)28-25(6)19-11-12-21-20(17-19)24-22(23(3,4)5)27(21)16-15-26-13-9-8-10-14-26;1-3-4-5-7-6(2)8;1-2/h7,11-12,17H,8-10,13-16H2,1-6H3;3-4H,5H2,1-2H3,(H,7,8);1-2H/b18-7+;4-3-;. The van der Waals surface area contributed by atoms with Crippen LogP contribution in [0, 0.1) is 12.8 Å². The first-order valence-corrected chi connectivity index (χ1v) is 14.3. The highest BCUT2D eigenvalue weighted by Gasteiger charge is 2.24. The minimum absolute atomic E-state index is 0.0168. The minimum atomic E-state index is 0.0168. The van der Waals surface area contributed by atoms with Gasteiger partial charge in [-0.25, -0.2) is 4.98 Å². The maximum Gasteiger partial charge on any atom is 0.217 e. The fraction of sp³-hybridized carbons (Fsp3) is 0.548. The van der Waals surface area contributed by atoms with Crippen molar-refractivity contribution in [1.82, 2.24) is 19.8 Å². The maximum atomic E-state index is 10.2. The van der Waals surface area contributed by atoms with Gasteiger partial charge in [0.2, 0.25) is 5.91 Å². The number of carbonyl (C=O) groups excluding carboxylic acids is 1. The molecule has 1 aliphatic heterocycles. The summed E-state index contributed by atoms with van der Waals surface area (Å²) in [5, 5.41) is 2.62. The van der Waals surface area contributed by atoms with Crippen LogP contribution < -0.4 is 9.62 Å². The predicted molar refractivity (Wildman–Crippen MR) is 168 cm³/mol. The molecular weight excluding hydrogens is 490 g/mol. The molecule has 2 heterocycles. The minimum Gasteiger partial charge on any atom is -0.353 e. The summed E-state index contributed by atoms with van der Waals surface area (Å²) in [5.41, 5.74) is 3.59. The Labute approximate surface area is 236 Å². The summed E-state index contributed by atoms with van der Waals surface area (Å²) >= 11 is 1.76. The number of aromatic nitrogens is 2. The fourth-order valence-electron chi connectivity index (χ4n) is 4.18. The number of hydrogen-bond donors (Lipinski definition) is 1. The number of anilines is 1. The maximum absolute atomic E-state index is 10.2. The van der Waals surface area contributed by atoms with Gasteiger partial charge in [0.25, 0.3) is 0 Å². The van der Waals surface area contributed by atoms with Crippen molar-refractivity contribution in [2.45, 2.75) is 79.7 Å². The molecule has 0 unspecified atom stereocenters. The van der Waals surface area contributed by atoms with Crippen molar-refractivity contribution >= 4 is 34.6 Å². The number of rotatable bonds is 8. The summed E-state index contributed by atoms with van der Waals surface area (Å²) in [6, 6.07) is 6.72. The number of terminal acetylenes is 1. The number of allylic oxidation sites excluding steroid dienone is 3. The second-order valence-corrected chi connectivity index (χ2v) is 11.8. The van der Waals surface area contributed by atoms with Crippen molar-refractivity contribution in [2.75, 3.05) is 37.5 Å². The predicted octanol–water partition coefficient (Wildman–Crippen LogP) is 6.78. The number of nitrogens with zero attached hydrogens (tertiary/aromatic N) is 4. The fourth-order valence-corrected chi connectivity index (χ4v) is 4.94. The number of carbonyl (C=O) groups is 1. The number of imidazole rings is 1. The molecule has 7 heteroatoms. The van der Waals surface area contributed by atoms with Crippen molar-refractivity contribution in [1.29, 1.82) is 0 Å². The molecule has 0 spiro atoms. The van der Waals surface area contributed by atoms with Crippen LogP contribution in [0.4, 0.5) is 5.69 Å². The smallest absolute Gasteiger partial charge is 0.217 e. The van der Waals surface area contributed by atoms with Crippen LogP contribution in [0.3, 0.4) is 0 Å². The molecule has 210 valence electrons. The highest BCUT2D eigenvalue weighted by atomic mass is 32.2. The molecule has 1 saturated heterocycles. The zero-order valence-electron chi connectivity index (χ0n) is 24.9. The molecule has 1 aromatic carbocycles. The summed E-state index contributed by atoms with van der Waals surface area (Å²) in [5.74, 6) is 1.21. The largest absolute Gasteiger partial charge is 0.353 e. The van der Waals surface area contributed by atoms with Gasteiger partial charge in [0.1, 0.15) is 5.82 Å². The molecule has 1 aromatic heterocycles. The Balaban J connectivity index is 0.000000620. The Morgan fingerprint density at radius 1 is 1.13 bits per heavy atom. The third-order valence-corrected chi connectivity index (χ3v) is 7.26. The number of piperidine rings is 1. The van der Waals surface area contributed by atoms with Gasteiger partial charge in [-0.05, 0) is 81.8 Å². The zero-order valence-corrected chi connectivity index (χ0v) is 25.7. The SMILES string of the molecule is C#C.C/C=C(\C)SN(C)c1ccc2c(c1)nc(C(C)(C)C)n2CCN1CCCCC1.C/C=C\CNC(C)=O. The molecule has 0 radical (unpaired) electrons. The molecule has 0 saturated carbocycles. The Morgan fingerprint density at radius 3 is 2.34 bits per heavy atom. The molecule has 1 fully saturated rings. The highest BCUT2D eigenvalue weighted by molar-refractivity contribution is 8.04. The van der Waals surface area contributed by atoms with Gasteiger partial charge in [-0.1, -0.05) is 45.4 Å². The van der Waals surface area contributed by atoms with Crippen LogP contribution in [0.5, 0.6) is 0 Å². The van der Waals surface area contributed by atoms with Crippen molar-refractivity contribution in [3.8, 4) is 12.8 Å². The number of nitrogens with one attached hydrogen (secondary N) is 1.